The van der Waals surface area contributed by atoms with Crippen molar-refractivity contribution < 1.29 is 8.78 Å². The van der Waals surface area contributed by atoms with Crippen LogP contribution in [0.2, 0.25) is 0 Å². The Hall–Kier alpha value is -1.39. The summed E-state index contributed by atoms with van der Waals surface area (Å²) in [7, 11) is 0. The number of hydrogen-bond donors (Lipinski definition) is 2. The van der Waals surface area contributed by atoms with E-state index in [2.05, 4.69) is 10.3 Å². The maximum atomic E-state index is 12.4. The zero-order chi connectivity index (χ0) is 10.6. The number of nitrogens with one attached hydrogen (secondary N) is 1. The number of nitrogen functional groups attached to an aromatic ring is 1. The second kappa shape index (κ2) is 4.21. The summed E-state index contributed by atoms with van der Waals surface area (Å²) in [6.45, 7) is 1.11. The van der Waals surface area contributed by atoms with Crippen LogP contribution in [-0.2, 0) is 0 Å². The summed E-state index contributed by atoms with van der Waals surface area (Å²) in [6.07, 6.45) is 1.33. The van der Waals surface area contributed by atoms with Crippen molar-refractivity contribution in [3.63, 3.8) is 0 Å². The van der Waals surface area contributed by atoms with Crippen LogP contribution in [-0.4, -0.2) is 17.5 Å². The van der Waals surface area contributed by atoms with Gasteiger partial charge in [-0.1, -0.05) is 0 Å². The molecule has 3 N–H and O–H groups in total. The van der Waals surface area contributed by atoms with Crippen molar-refractivity contribution in [3.05, 3.63) is 18.3 Å². The van der Waals surface area contributed by atoms with Gasteiger partial charge < -0.3 is 11.1 Å². The third-order valence-electron chi connectivity index (χ3n) is 1.67. The van der Waals surface area contributed by atoms with Gasteiger partial charge in [-0.05, 0) is 13.0 Å². The van der Waals surface area contributed by atoms with E-state index >= 15 is 0 Å². The van der Waals surface area contributed by atoms with Gasteiger partial charge in [-0.25, -0.2) is 13.8 Å². The summed E-state index contributed by atoms with van der Waals surface area (Å²) in [4.78, 5) is 3.79. The second-order valence-corrected chi connectivity index (χ2v) is 3.22. The summed E-state index contributed by atoms with van der Waals surface area (Å²) in [5, 5.41) is 2.84. The number of nitrogens with two attached hydrogens (primary N) is 1. The number of rotatable bonds is 4. The predicted molar refractivity (Wildman–Crippen MR) is 52.4 cm³/mol. The quantitative estimate of drug-likeness (QED) is 0.784. The maximum Gasteiger partial charge on any atom is 0.247 e. The number of hydrogen-bond acceptors (Lipinski definition) is 3. The minimum atomic E-state index is -2.63. The van der Waals surface area contributed by atoms with Gasteiger partial charge in [-0.2, -0.15) is 0 Å². The molecule has 14 heavy (non-hydrogen) atoms. The molecular formula is C9H13F2N3. The van der Waals surface area contributed by atoms with Gasteiger partial charge in [0.1, 0.15) is 5.82 Å². The van der Waals surface area contributed by atoms with E-state index in [0.717, 1.165) is 6.92 Å². The van der Waals surface area contributed by atoms with Crippen LogP contribution < -0.4 is 11.1 Å². The third kappa shape index (κ3) is 4.02. The molecule has 78 valence electrons. The van der Waals surface area contributed by atoms with Crippen LogP contribution in [0.5, 0.6) is 0 Å². The Bertz CT molecular complexity index is 296. The van der Waals surface area contributed by atoms with E-state index in [1.54, 1.807) is 12.1 Å². The Morgan fingerprint density at radius 2 is 2.29 bits per heavy atom. The molecule has 3 nitrogen and oxygen atoms in total. The fourth-order valence-corrected chi connectivity index (χ4v) is 0.985. The minimum absolute atomic E-state index is 0.199. The molecule has 1 heterocycles. The van der Waals surface area contributed by atoms with Crippen molar-refractivity contribution in [2.45, 2.75) is 19.3 Å². The Labute approximate surface area is 81.3 Å². The minimum Gasteiger partial charge on any atom is -0.385 e. The number of alkyl halides is 2. The molecule has 0 saturated heterocycles. The summed E-state index contributed by atoms with van der Waals surface area (Å²) in [5.74, 6) is -2.26. The van der Waals surface area contributed by atoms with Crippen molar-refractivity contribution in [2.24, 2.45) is 0 Å². The van der Waals surface area contributed by atoms with Crippen LogP contribution in [0.25, 0.3) is 0 Å². The molecular weight excluding hydrogens is 188 g/mol. The SMILES string of the molecule is CC(F)(F)CCNc1ccnc(N)c1. The van der Waals surface area contributed by atoms with Crippen LogP contribution >= 0.6 is 0 Å². The fraction of sp³-hybridized carbons (Fsp3) is 0.444. The zero-order valence-electron chi connectivity index (χ0n) is 7.93. The molecule has 0 saturated carbocycles. The fourth-order valence-electron chi connectivity index (χ4n) is 0.985. The van der Waals surface area contributed by atoms with E-state index in [0.29, 0.717) is 11.5 Å². The summed E-state index contributed by atoms with van der Waals surface area (Å²) < 4.78 is 24.9. The third-order valence-corrected chi connectivity index (χ3v) is 1.67. The van der Waals surface area contributed by atoms with Crippen LogP contribution in [0.3, 0.4) is 0 Å². The number of pyridine rings is 1. The molecule has 0 aliphatic carbocycles. The van der Waals surface area contributed by atoms with Crippen LogP contribution in [0.1, 0.15) is 13.3 Å². The first-order chi connectivity index (χ1) is 6.47. The van der Waals surface area contributed by atoms with Gasteiger partial charge in [-0.15, -0.1) is 0 Å². The number of anilines is 2. The standard InChI is InChI=1S/C9H13F2N3/c1-9(10,11)3-5-13-7-2-4-14-8(12)6-7/h2,4,6H,3,5H2,1H3,(H3,12,13,14). The smallest absolute Gasteiger partial charge is 0.247 e. The summed E-state index contributed by atoms with van der Waals surface area (Å²) in [5.41, 5.74) is 6.13. The molecule has 0 spiro atoms. The van der Waals surface area contributed by atoms with Crippen molar-refractivity contribution >= 4 is 11.5 Å². The van der Waals surface area contributed by atoms with E-state index in [1.165, 1.54) is 6.20 Å². The highest BCUT2D eigenvalue weighted by molar-refractivity contribution is 5.49. The lowest BCUT2D eigenvalue weighted by Crippen LogP contribution is -2.16. The van der Waals surface area contributed by atoms with Gasteiger partial charge >= 0.3 is 0 Å². The Morgan fingerprint density at radius 1 is 1.57 bits per heavy atom. The van der Waals surface area contributed by atoms with Gasteiger partial charge in [0.15, 0.2) is 0 Å². The highest BCUT2D eigenvalue weighted by Gasteiger charge is 2.19. The van der Waals surface area contributed by atoms with Gasteiger partial charge in [0.2, 0.25) is 5.92 Å². The van der Waals surface area contributed by atoms with Crippen molar-refractivity contribution in [3.8, 4) is 0 Å². The Morgan fingerprint density at radius 3 is 2.86 bits per heavy atom. The number of halogens is 2. The van der Waals surface area contributed by atoms with Gasteiger partial charge in [0, 0.05) is 30.9 Å². The predicted octanol–water partition coefficient (Wildman–Crippen LogP) is 2.12. The average Bonchev–Trinajstić information content (AvgIpc) is 2.01. The molecule has 0 radical (unpaired) electrons. The molecule has 0 fully saturated rings. The Kier molecular flexibility index (Phi) is 3.22. The van der Waals surface area contributed by atoms with Gasteiger partial charge in [0.25, 0.3) is 0 Å². The molecule has 0 aliphatic rings. The van der Waals surface area contributed by atoms with Crippen molar-refractivity contribution in [1.82, 2.24) is 4.98 Å². The monoisotopic (exact) mass is 201 g/mol. The lowest BCUT2D eigenvalue weighted by atomic mass is 10.2. The van der Waals surface area contributed by atoms with E-state index < -0.39 is 5.92 Å². The van der Waals surface area contributed by atoms with E-state index in [4.69, 9.17) is 5.73 Å². The molecule has 1 aromatic heterocycles. The average molecular weight is 201 g/mol. The molecule has 0 amide bonds. The first-order valence-corrected chi connectivity index (χ1v) is 4.30. The van der Waals surface area contributed by atoms with E-state index in [9.17, 15) is 8.78 Å². The van der Waals surface area contributed by atoms with E-state index in [-0.39, 0.29) is 13.0 Å². The summed E-state index contributed by atoms with van der Waals surface area (Å²) >= 11 is 0. The lowest BCUT2D eigenvalue weighted by molar-refractivity contribution is 0.0167. The molecule has 0 aliphatic heterocycles. The normalized spacial score (nSPS) is 11.4. The molecule has 1 rings (SSSR count). The summed E-state index contributed by atoms with van der Waals surface area (Å²) in [6, 6.07) is 3.29. The molecule has 0 aromatic carbocycles. The van der Waals surface area contributed by atoms with Crippen LogP contribution in [0.4, 0.5) is 20.3 Å². The van der Waals surface area contributed by atoms with Crippen molar-refractivity contribution in [2.75, 3.05) is 17.6 Å². The number of nitrogens with zero attached hydrogens (tertiary/aromatic N) is 1. The van der Waals surface area contributed by atoms with Gasteiger partial charge in [-0.3, -0.25) is 0 Å². The molecule has 0 atom stereocenters. The molecule has 0 unspecified atom stereocenters. The Balaban J connectivity index is 2.39. The van der Waals surface area contributed by atoms with E-state index in [1.807, 2.05) is 0 Å². The first-order valence-electron chi connectivity index (χ1n) is 4.30. The zero-order valence-corrected chi connectivity index (χ0v) is 7.93. The lowest BCUT2D eigenvalue weighted by Gasteiger charge is -2.11. The topological polar surface area (TPSA) is 50.9 Å². The first kappa shape index (κ1) is 10.7. The second-order valence-electron chi connectivity index (χ2n) is 3.22. The molecule has 1 aromatic rings. The van der Waals surface area contributed by atoms with Gasteiger partial charge in [0.05, 0.1) is 0 Å². The molecule has 0 bridgehead atoms. The highest BCUT2D eigenvalue weighted by atomic mass is 19.3. The molecule has 5 heteroatoms. The number of aromatic nitrogens is 1. The maximum absolute atomic E-state index is 12.4. The highest BCUT2D eigenvalue weighted by Crippen LogP contribution is 2.17. The van der Waals surface area contributed by atoms with Crippen LogP contribution in [0.15, 0.2) is 18.3 Å². The van der Waals surface area contributed by atoms with Crippen LogP contribution in [0, 0.1) is 0 Å². The van der Waals surface area contributed by atoms with Crippen molar-refractivity contribution in [1.29, 1.82) is 0 Å². The largest absolute Gasteiger partial charge is 0.385 e.